The van der Waals surface area contributed by atoms with E-state index < -0.39 is 11.9 Å². The molecular weight excluding hydrogens is 334 g/mol. The van der Waals surface area contributed by atoms with Crippen LogP contribution in [0.3, 0.4) is 0 Å². The third-order valence-electron chi connectivity index (χ3n) is 3.98. The Morgan fingerprint density at radius 3 is 2.27 bits per heavy atom. The quantitative estimate of drug-likeness (QED) is 0.725. The van der Waals surface area contributed by atoms with Gasteiger partial charge >= 0.3 is 0 Å². The smallest absolute Gasteiger partial charge is 0.0752 e. The Morgan fingerprint density at radius 2 is 1.69 bits per heavy atom. The van der Waals surface area contributed by atoms with E-state index in [0.29, 0.717) is 22.3 Å². The van der Waals surface area contributed by atoms with Gasteiger partial charge in [-0.15, -0.1) is 0 Å². The summed E-state index contributed by atoms with van der Waals surface area (Å²) in [7, 11) is 3.76. The Balaban J connectivity index is 2.14. The molecule has 0 amide bonds. The summed E-state index contributed by atoms with van der Waals surface area (Å²) in [5, 5.41) is 26.0. The van der Waals surface area contributed by atoms with E-state index in [-0.39, 0.29) is 11.1 Å². The van der Waals surface area contributed by atoms with Crippen LogP contribution in [0.5, 0.6) is 0 Å². The summed E-state index contributed by atoms with van der Waals surface area (Å²) < 4.78 is 0. The molecule has 1 heterocycles. The number of carboxylic acid groups (broad SMARTS) is 2. The van der Waals surface area contributed by atoms with Gasteiger partial charge in [0.1, 0.15) is 0 Å². The van der Waals surface area contributed by atoms with Crippen LogP contribution < -0.4 is 20.4 Å². The number of hydrogen-bond acceptors (Lipinski definition) is 7. The number of aromatic nitrogens is 1. The molecule has 0 aliphatic rings. The van der Waals surface area contributed by atoms with Crippen molar-refractivity contribution in [2.45, 2.75) is 0 Å². The third kappa shape index (κ3) is 3.27. The molecule has 132 valence electrons. The fourth-order valence-corrected chi connectivity index (χ4v) is 2.58. The van der Waals surface area contributed by atoms with Gasteiger partial charge in [0.05, 0.1) is 23.1 Å². The normalized spacial score (nSPS) is 10.5. The van der Waals surface area contributed by atoms with Crippen molar-refractivity contribution >= 4 is 39.9 Å². The van der Waals surface area contributed by atoms with Crippen molar-refractivity contribution in [2.24, 2.45) is 0 Å². The molecule has 1 N–H and O–H groups in total. The summed E-state index contributed by atoms with van der Waals surface area (Å²) in [5.74, 6) is -2.64. The standard InChI is InChI=1S/C19H17N3O4/c1-22(2)13-7-8-16-14(9-13)17(15(10-20-16)19(25)26)21-12-5-3-11(4-6-12)18(23)24/h3-10H,1-2H3,(H,20,21)(H,23,24)(H,25,26)/p-2. The van der Waals surface area contributed by atoms with Gasteiger partial charge in [0.2, 0.25) is 0 Å². The fourth-order valence-electron chi connectivity index (χ4n) is 2.58. The molecule has 0 saturated carbocycles. The summed E-state index contributed by atoms with van der Waals surface area (Å²) in [5.41, 5.74) is 2.31. The summed E-state index contributed by atoms with van der Waals surface area (Å²) in [6.45, 7) is 0. The van der Waals surface area contributed by atoms with Crippen LogP contribution in [0.15, 0.2) is 48.7 Å². The molecule has 3 rings (SSSR count). The summed E-state index contributed by atoms with van der Waals surface area (Å²) >= 11 is 0. The van der Waals surface area contributed by atoms with E-state index in [1.54, 1.807) is 6.07 Å². The molecule has 0 aliphatic carbocycles. The summed E-state index contributed by atoms with van der Waals surface area (Å²) in [6.07, 6.45) is 1.24. The average molecular weight is 349 g/mol. The predicted octanol–water partition coefficient (Wildman–Crippen LogP) is 0.771. The number of nitrogens with zero attached hydrogens (tertiary/aromatic N) is 2. The third-order valence-corrected chi connectivity index (χ3v) is 3.98. The Bertz CT molecular complexity index is 998. The Labute approximate surface area is 149 Å². The number of rotatable bonds is 5. The molecule has 0 radical (unpaired) electrons. The van der Waals surface area contributed by atoms with Crippen molar-refractivity contribution in [3.05, 3.63) is 59.8 Å². The van der Waals surface area contributed by atoms with Crippen molar-refractivity contribution in [3.63, 3.8) is 0 Å². The van der Waals surface area contributed by atoms with E-state index in [2.05, 4.69) is 10.3 Å². The molecule has 7 heteroatoms. The highest BCUT2D eigenvalue weighted by atomic mass is 16.4. The number of pyridine rings is 1. The molecule has 0 spiro atoms. The van der Waals surface area contributed by atoms with Crippen LogP contribution in [0.1, 0.15) is 20.7 Å². The largest absolute Gasteiger partial charge is 0.545 e. The van der Waals surface area contributed by atoms with E-state index in [0.717, 1.165) is 5.69 Å². The maximum absolute atomic E-state index is 11.5. The summed E-state index contributed by atoms with van der Waals surface area (Å²) in [4.78, 5) is 28.5. The second-order valence-electron chi connectivity index (χ2n) is 5.92. The number of carboxylic acids is 2. The Morgan fingerprint density at radius 1 is 1.00 bits per heavy atom. The van der Waals surface area contributed by atoms with Crippen LogP contribution in [0.4, 0.5) is 17.1 Å². The van der Waals surface area contributed by atoms with Gasteiger partial charge in [-0.25, -0.2) is 0 Å². The van der Waals surface area contributed by atoms with Gasteiger partial charge in [-0.3, -0.25) is 4.98 Å². The Hall–Kier alpha value is -3.61. The molecule has 0 aliphatic heterocycles. The molecule has 0 saturated heterocycles. The van der Waals surface area contributed by atoms with Crippen molar-refractivity contribution in [1.29, 1.82) is 0 Å². The number of anilines is 3. The minimum Gasteiger partial charge on any atom is -0.545 e. The first-order valence-electron chi connectivity index (χ1n) is 7.76. The molecule has 26 heavy (non-hydrogen) atoms. The monoisotopic (exact) mass is 349 g/mol. The zero-order valence-electron chi connectivity index (χ0n) is 14.1. The zero-order valence-corrected chi connectivity index (χ0v) is 14.1. The van der Waals surface area contributed by atoms with Crippen molar-refractivity contribution in [1.82, 2.24) is 4.98 Å². The van der Waals surface area contributed by atoms with Crippen molar-refractivity contribution in [3.8, 4) is 0 Å². The first-order chi connectivity index (χ1) is 12.4. The number of hydrogen-bond donors (Lipinski definition) is 1. The molecule has 2 aromatic carbocycles. The number of carbonyl (C=O) groups is 2. The maximum Gasteiger partial charge on any atom is 0.0752 e. The highest BCUT2D eigenvalue weighted by molar-refractivity contribution is 6.05. The summed E-state index contributed by atoms with van der Waals surface area (Å²) in [6, 6.07) is 11.3. The van der Waals surface area contributed by atoms with E-state index >= 15 is 0 Å². The lowest BCUT2D eigenvalue weighted by molar-refractivity contribution is -0.256. The highest BCUT2D eigenvalue weighted by Crippen LogP contribution is 2.31. The predicted molar refractivity (Wildman–Crippen MR) is 94.5 cm³/mol. The van der Waals surface area contributed by atoms with E-state index in [1.807, 2.05) is 31.1 Å². The molecule has 0 bridgehead atoms. The minimum absolute atomic E-state index is 0.0326. The second kappa shape index (κ2) is 6.72. The number of fused-ring (bicyclic) bond motifs is 1. The zero-order chi connectivity index (χ0) is 18.8. The molecule has 1 aromatic heterocycles. The van der Waals surface area contributed by atoms with Crippen LogP contribution in [0, 0.1) is 0 Å². The maximum atomic E-state index is 11.5. The number of benzene rings is 2. The molecule has 3 aromatic rings. The van der Waals surface area contributed by atoms with Gasteiger partial charge < -0.3 is 30.0 Å². The van der Waals surface area contributed by atoms with Crippen LogP contribution in [-0.4, -0.2) is 31.0 Å². The van der Waals surface area contributed by atoms with Gasteiger partial charge in [-0.05, 0) is 35.9 Å². The van der Waals surface area contributed by atoms with Crippen LogP contribution >= 0.6 is 0 Å². The number of aromatic carboxylic acids is 2. The van der Waals surface area contributed by atoms with Gasteiger partial charge in [-0.2, -0.15) is 0 Å². The molecule has 0 fully saturated rings. The topological polar surface area (TPSA) is 108 Å². The van der Waals surface area contributed by atoms with Gasteiger partial charge in [-0.1, -0.05) is 12.1 Å². The van der Waals surface area contributed by atoms with Gasteiger partial charge in [0.25, 0.3) is 0 Å². The average Bonchev–Trinajstić information content (AvgIpc) is 2.61. The van der Waals surface area contributed by atoms with Gasteiger partial charge in [0.15, 0.2) is 0 Å². The lowest BCUT2D eigenvalue weighted by atomic mass is 10.1. The van der Waals surface area contributed by atoms with Crippen LogP contribution in [-0.2, 0) is 0 Å². The molecule has 0 atom stereocenters. The van der Waals surface area contributed by atoms with Crippen LogP contribution in [0.2, 0.25) is 0 Å². The molecule has 0 unspecified atom stereocenters. The van der Waals surface area contributed by atoms with E-state index in [4.69, 9.17) is 0 Å². The van der Waals surface area contributed by atoms with Crippen molar-refractivity contribution in [2.75, 3.05) is 24.3 Å². The number of nitrogens with one attached hydrogen (secondary N) is 1. The lowest BCUT2D eigenvalue weighted by Crippen LogP contribution is -2.24. The lowest BCUT2D eigenvalue weighted by Gasteiger charge is -2.18. The SMILES string of the molecule is CN(C)c1ccc2ncc(C(=O)[O-])c(Nc3ccc(C(=O)[O-])cc3)c2c1. The van der Waals surface area contributed by atoms with Crippen LogP contribution in [0.25, 0.3) is 10.9 Å². The Kier molecular flexibility index (Phi) is 4.45. The minimum atomic E-state index is -1.36. The second-order valence-corrected chi connectivity index (χ2v) is 5.92. The fraction of sp³-hybridized carbons (Fsp3) is 0.105. The molecular formula is C19H15N3O4-2. The van der Waals surface area contributed by atoms with E-state index in [1.165, 1.54) is 30.5 Å². The van der Waals surface area contributed by atoms with E-state index in [9.17, 15) is 19.8 Å². The molecule has 7 nitrogen and oxygen atoms in total. The first kappa shape index (κ1) is 17.2. The highest BCUT2D eigenvalue weighted by Gasteiger charge is 2.12. The van der Waals surface area contributed by atoms with Gasteiger partial charge in [0, 0.05) is 42.6 Å². The van der Waals surface area contributed by atoms with Crippen molar-refractivity contribution < 1.29 is 19.8 Å². The number of carbonyl (C=O) groups excluding carboxylic acids is 2. The first-order valence-corrected chi connectivity index (χ1v) is 7.76.